The third-order valence-corrected chi connectivity index (χ3v) is 6.17. The molecule has 1 aromatic carbocycles. The van der Waals surface area contributed by atoms with Gasteiger partial charge >= 0.3 is 0 Å². The average Bonchev–Trinajstić information content (AvgIpc) is 3.04. The van der Waals surface area contributed by atoms with E-state index in [-0.39, 0.29) is 0 Å². The molecule has 0 aliphatic carbocycles. The maximum Gasteiger partial charge on any atom is 0.186 e. The van der Waals surface area contributed by atoms with Crippen molar-refractivity contribution in [2.45, 2.75) is 33.6 Å². The van der Waals surface area contributed by atoms with Crippen molar-refractivity contribution in [3.63, 3.8) is 0 Å². The van der Waals surface area contributed by atoms with Crippen molar-refractivity contribution in [1.29, 1.82) is 0 Å². The van der Waals surface area contributed by atoms with Crippen molar-refractivity contribution in [1.82, 2.24) is 4.98 Å². The molecule has 0 amide bonds. The van der Waals surface area contributed by atoms with Crippen LogP contribution in [0.4, 0.5) is 5.13 Å². The molecule has 0 radical (unpaired) electrons. The predicted octanol–water partition coefficient (Wildman–Crippen LogP) is 5.40. The van der Waals surface area contributed by atoms with Gasteiger partial charge in [0.25, 0.3) is 0 Å². The standard InChI is InChI=1S/C17H21ClN2S/c1-4-17(3)9-10-20(11-17)16-19-12(2)15(21-16)13-7-5-6-8-14(13)18/h5-8H,4,9-11H2,1-3H3. The van der Waals surface area contributed by atoms with Crippen LogP contribution in [0.2, 0.25) is 5.02 Å². The zero-order valence-corrected chi connectivity index (χ0v) is 14.4. The van der Waals surface area contributed by atoms with Crippen LogP contribution in [0.1, 0.15) is 32.4 Å². The fraction of sp³-hybridized carbons (Fsp3) is 0.471. The fourth-order valence-electron chi connectivity index (χ4n) is 2.89. The molecule has 0 spiro atoms. The highest BCUT2D eigenvalue weighted by atomic mass is 35.5. The number of benzene rings is 1. The van der Waals surface area contributed by atoms with E-state index in [2.05, 4.69) is 31.7 Å². The smallest absolute Gasteiger partial charge is 0.186 e. The summed E-state index contributed by atoms with van der Waals surface area (Å²) in [5.41, 5.74) is 2.61. The van der Waals surface area contributed by atoms with E-state index in [4.69, 9.17) is 16.6 Å². The zero-order valence-electron chi connectivity index (χ0n) is 12.8. The average molecular weight is 321 g/mol. The Morgan fingerprint density at radius 3 is 2.81 bits per heavy atom. The molecular weight excluding hydrogens is 300 g/mol. The highest BCUT2D eigenvalue weighted by Crippen LogP contribution is 2.41. The minimum atomic E-state index is 0.435. The van der Waals surface area contributed by atoms with Gasteiger partial charge in [-0.3, -0.25) is 0 Å². The highest BCUT2D eigenvalue weighted by molar-refractivity contribution is 7.19. The maximum absolute atomic E-state index is 6.33. The van der Waals surface area contributed by atoms with Crippen LogP contribution in [0, 0.1) is 12.3 Å². The molecule has 1 saturated heterocycles. The summed E-state index contributed by atoms with van der Waals surface area (Å²) in [7, 11) is 0. The molecular formula is C17H21ClN2S. The number of hydrogen-bond donors (Lipinski definition) is 0. The summed E-state index contributed by atoms with van der Waals surface area (Å²) in [6, 6.07) is 8.02. The minimum absolute atomic E-state index is 0.435. The Balaban J connectivity index is 1.91. The van der Waals surface area contributed by atoms with Gasteiger partial charge in [0.1, 0.15) is 0 Å². The molecule has 0 bridgehead atoms. The van der Waals surface area contributed by atoms with E-state index < -0.39 is 0 Å². The monoisotopic (exact) mass is 320 g/mol. The number of thiazole rings is 1. The summed E-state index contributed by atoms with van der Waals surface area (Å²) in [5, 5.41) is 1.94. The van der Waals surface area contributed by atoms with Crippen molar-refractivity contribution in [3.05, 3.63) is 35.0 Å². The summed E-state index contributed by atoms with van der Waals surface area (Å²) in [5.74, 6) is 0. The van der Waals surface area contributed by atoms with E-state index in [1.165, 1.54) is 17.7 Å². The van der Waals surface area contributed by atoms with Crippen LogP contribution in [0.5, 0.6) is 0 Å². The van der Waals surface area contributed by atoms with Gasteiger partial charge in [0, 0.05) is 23.7 Å². The van der Waals surface area contributed by atoms with Gasteiger partial charge in [-0.15, -0.1) is 0 Å². The number of anilines is 1. The van der Waals surface area contributed by atoms with Gasteiger partial charge in [-0.05, 0) is 31.2 Å². The highest BCUT2D eigenvalue weighted by Gasteiger charge is 2.33. The van der Waals surface area contributed by atoms with Crippen molar-refractivity contribution < 1.29 is 0 Å². The summed E-state index contributed by atoms with van der Waals surface area (Å²) in [4.78, 5) is 8.42. The van der Waals surface area contributed by atoms with Crippen LogP contribution in [-0.4, -0.2) is 18.1 Å². The molecule has 1 aliphatic heterocycles. The Hall–Kier alpha value is -1.06. The third kappa shape index (κ3) is 2.82. The van der Waals surface area contributed by atoms with E-state index in [0.29, 0.717) is 5.41 Å². The molecule has 2 aromatic rings. The summed E-state index contributed by atoms with van der Waals surface area (Å²) < 4.78 is 0. The first-order chi connectivity index (χ1) is 10.0. The number of hydrogen-bond acceptors (Lipinski definition) is 3. The van der Waals surface area contributed by atoms with Crippen LogP contribution >= 0.6 is 22.9 Å². The van der Waals surface area contributed by atoms with Gasteiger partial charge in [-0.2, -0.15) is 0 Å². The van der Waals surface area contributed by atoms with Crippen molar-refractivity contribution in [2.75, 3.05) is 18.0 Å². The second-order valence-corrected chi connectivity index (χ2v) is 7.61. The SMILES string of the molecule is CCC1(C)CCN(c2nc(C)c(-c3ccccc3Cl)s2)C1. The van der Waals surface area contributed by atoms with Crippen molar-refractivity contribution >= 4 is 28.1 Å². The van der Waals surface area contributed by atoms with Crippen LogP contribution in [-0.2, 0) is 0 Å². The normalized spacial score (nSPS) is 22.0. The van der Waals surface area contributed by atoms with E-state index in [9.17, 15) is 0 Å². The Morgan fingerprint density at radius 1 is 1.38 bits per heavy atom. The van der Waals surface area contributed by atoms with Crippen LogP contribution in [0.3, 0.4) is 0 Å². The molecule has 112 valence electrons. The molecule has 1 aromatic heterocycles. The fourth-order valence-corrected chi connectivity index (χ4v) is 4.31. The van der Waals surface area contributed by atoms with Crippen molar-refractivity contribution in [3.8, 4) is 10.4 Å². The molecule has 1 aliphatic rings. The lowest BCUT2D eigenvalue weighted by Crippen LogP contribution is -2.24. The maximum atomic E-state index is 6.33. The van der Waals surface area contributed by atoms with Crippen LogP contribution in [0.15, 0.2) is 24.3 Å². The van der Waals surface area contributed by atoms with Gasteiger partial charge in [0.05, 0.1) is 10.6 Å². The quantitative estimate of drug-likeness (QED) is 0.753. The van der Waals surface area contributed by atoms with Gasteiger partial charge in [0.15, 0.2) is 5.13 Å². The van der Waals surface area contributed by atoms with Gasteiger partial charge in [-0.1, -0.05) is 55.0 Å². The molecule has 1 unspecified atom stereocenters. The Kier molecular flexibility index (Phi) is 3.98. The first-order valence-electron chi connectivity index (χ1n) is 7.50. The third-order valence-electron chi connectivity index (χ3n) is 4.59. The molecule has 2 nitrogen and oxygen atoms in total. The Labute approximate surface area is 135 Å². The molecule has 0 N–H and O–H groups in total. The molecule has 2 heterocycles. The second-order valence-electron chi connectivity index (χ2n) is 6.23. The molecule has 4 heteroatoms. The number of aryl methyl sites for hydroxylation is 1. The van der Waals surface area contributed by atoms with Crippen molar-refractivity contribution in [2.24, 2.45) is 5.41 Å². The number of aromatic nitrogens is 1. The lowest BCUT2D eigenvalue weighted by Gasteiger charge is -2.22. The van der Waals surface area contributed by atoms with E-state index >= 15 is 0 Å². The van der Waals surface area contributed by atoms with E-state index in [1.54, 1.807) is 11.3 Å². The zero-order chi connectivity index (χ0) is 15.0. The number of rotatable bonds is 3. The number of nitrogens with zero attached hydrogens (tertiary/aromatic N) is 2. The molecule has 0 saturated carbocycles. The molecule has 1 fully saturated rings. The molecule has 21 heavy (non-hydrogen) atoms. The van der Waals surface area contributed by atoms with Gasteiger partial charge < -0.3 is 4.90 Å². The minimum Gasteiger partial charge on any atom is -0.348 e. The summed E-state index contributed by atoms with van der Waals surface area (Å²) >= 11 is 8.10. The lowest BCUT2D eigenvalue weighted by atomic mass is 9.87. The van der Waals surface area contributed by atoms with Gasteiger partial charge in [-0.25, -0.2) is 4.98 Å². The van der Waals surface area contributed by atoms with E-state index in [0.717, 1.165) is 34.5 Å². The summed E-state index contributed by atoms with van der Waals surface area (Å²) in [6.45, 7) is 8.96. The van der Waals surface area contributed by atoms with Gasteiger partial charge in [0.2, 0.25) is 0 Å². The predicted molar refractivity (Wildman–Crippen MR) is 92.5 cm³/mol. The van der Waals surface area contributed by atoms with E-state index in [1.807, 2.05) is 18.2 Å². The topological polar surface area (TPSA) is 16.1 Å². The second kappa shape index (κ2) is 5.62. The first kappa shape index (κ1) is 14.9. The number of halogens is 1. The lowest BCUT2D eigenvalue weighted by molar-refractivity contribution is 0.355. The molecule has 1 atom stereocenters. The van der Waals surface area contributed by atoms with Crippen LogP contribution < -0.4 is 4.90 Å². The first-order valence-corrected chi connectivity index (χ1v) is 8.69. The molecule has 3 rings (SSSR count). The largest absolute Gasteiger partial charge is 0.348 e. The van der Waals surface area contributed by atoms with Crippen LogP contribution in [0.25, 0.3) is 10.4 Å². The Morgan fingerprint density at radius 2 is 2.14 bits per heavy atom. The summed E-state index contributed by atoms with van der Waals surface area (Å²) in [6.07, 6.45) is 2.48. The Bertz CT molecular complexity index is 652.